The lowest BCUT2D eigenvalue weighted by atomic mass is 9.62. The van der Waals surface area contributed by atoms with Crippen molar-refractivity contribution in [3.05, 3.63) is 0 Å². The molecule has 12 heavy (non-hydrogen) atoms. The molecule has 0 amide bonds. The molecule has 0 aromatic rings. The molecule has 0 aliphatic heterocycles. The third-order valence-corrected chi connectivity index (χ3v) is 3.37. The molecule has 0 bridgehead atoms. The van der Waals surface area contributed by atoms with Gasteiger partial charge in [-0.25, -0.2) is 0 Å². The van der Waals surface area contributed by atoms with Gasteiger partial charge in [0.25, 0.3) is 0 Å². The second-order valence-corrected chi connectivity index (χ2v) is 4.03. The predicted molar refractivity (Wildman–Crippen MR) is 41.7 cm³/mol. The van der Waals surface area contributed by atoms with Gasteiger partial charge in [-0.2, -0.15) is 0 Å². The molecule has 1 atom stereocenters. The number of hydrogen-bond acceptors (Lipinski definition) is 2. The van der Waals surface area contributed by atoms with Gasteiger partial charge in [0.05, 0.1) is 5.92 Å². The summed E-state index contributed by atoms with van der Waals surface area (Å²) in [6, 6.07) is 0. The highest BCUT2D eigenvalue weighted by molar-refractivity contribution is 5.89. The Labute approximate surface area is 70.8 Å². The van der Waals surface area contributed by atoms with Gasteiger partial charge in [0, 0.05) is 12.8 Å². The van der Waals surface area contributed by atoms with E-state index in [0.29, 0.717) is 6.42 Å². The van der Waals surface area contributed by atoms with Gasteiger partial charge in [0.2, 0.25) is 0 Å². The lowest BCUT2D eigenvalue weighted by Crippen LogP contribution is -2.37. The lowest BCUT2D eigenvalue weighted by molar-refractivity contribution is -0.148. The van der Waals surface area contributed by atoms with Crippen LogP contribution in [0, 0.1) is 11.3 Å². The molecule has 2 aliphatic carbocycles. The second-order valence-electron chi connectivity index (χ2n) is 4.03. The standard InChI is InChI=1S/C9H12O3/c10-6-4-7(8(11)12)9(5-6)2-1-3-9/h7H,1-5H2,(H,11,12). The van der Waals surface area contributed by atoms with Crippen molar-refractivity contribution >= 4 is 11.8 Å². The number of aliphatic carboxylic acids is 1. The van der Waals surface area contributed by atoms with E-state index in [9.17, 15) is 9.59 Å². The normalized spacial score (nSPS) is 32.0. The van der Waals surface area contributed by atoms with Crippen LogP contribution in [-0.4, -0.2) is 16.9 Å². The van der Waals surface area contributed by atoms with Crippen molar-refractivity contribution in [2.24, 2.45) is 11.3 Å². The van der Waals surface area contributed by atoms with Crippen LogP contribution < -0.4 is 0 Å². The van der Waals surface area contributed by atoms with Crippen molar-refractivity contribution in [1.29, 1.82) is 0 Å². The summed E-state index contributed by atoms with van der Waals surface area (Å²) < 4.78 is 0. The van der Waals surface area contributed by atoms with Crippen molar-refractivity contribution in [1.82, 2.24) is 0 Å². The third-order valence-electron chi connectivity index (χ3n) is 3.37. The predicted octanol–water partition coefficient (Wildman–Crippen LogP) is 1.22. The fourth-order valence-electron chi connectivity index (χ4n) is 2.54. The van der Waals surface area contributed by atoms with Crippen molar-refractivity contribution in [2.45, 2.75) is 32.1 Å². The molecule has 66 valence electrons. The Kier molecular flexibility index (Phi) is 1.50. The van der Waals surface area contributed by atoms with Crippen LogP contribution in [0.3, 0.4) is 0 Å². The van der Waals surface area contributed by atoms with Gasteiger partial charge < -0.3 is 5.11 Å². The van der Waals surface area contributed by atoms with Crippen molar-refractivity contribution in [3.8, 4) is 0 Å². The Morgan fingerprint density at radius 2 is 2.17 bits per heavy atom. The Morgan fingerprint density at radius 3 is 2.50 bits per heavy atom. The summed E-state index contributed by atoms with van der Waals surface area (Å²) in [5, 5.41) is 8.88. The zero-order valence-electron chi connectivity index (χ0n) is 6.88. The van der Waals surface area contributed by atoms with Gasteiger partial charge in [-0.05, 0) is 18.3 Å². The molecule has 2 fully saturated rings. The van der Waals surface area contributed by atoms with E-state index < -0.39 is 5.97 Å². The Balaban J connectivity index is 2.21. The number of Topliss-reactive ketones (excluding diaryl/α,β-unsaturated/α-hetero) is 1. The minimum atomic E-state index is -0.777. The molecule has 0 saturated heterocycles. The van der Waals surface area contributed by atoms with E-state index in [1.165, 1.54) is 0 Å². The first-order valence-corrected chi connectivity index (χ1v) is 4.39. The van der Waals surface area contributed by atoms with Gasteiger partial charge in [-0.3, -0.25) is 9.59 Å². The van der Waals surface area contributed by atoms with E-state index >= 15 is 0 Å². The minimum Gasteiger partial charge on any atom is -0.481 e. The highest BCUT2D eigenvalue weighted by Gasteiger charge is 2.53. The molecular weight excluding hydrogens is 156 g/mol. The van der Waals surface area contributed by atoms with E-state index in [4.69, 9.17) is 5.11 Å². The monoisotopic (exact) mass is 168 g/mol. The maximum absolute atomic E-state index is 11.1. The number of carboxylic acids is 1. The molecule has 1 N–H and O–H groups in total. The SMILES string of the molecule is O=C1CC(C(=O)O)C2(CCC2)C1. The maximum atomic E-state index is 11.1. The van der Waals surface area contributed by atoms with Crippen LogP contribution in [0.1, 0.15) is 32.1 Å². The highest BCUT2D eigenvalue weighted by atomic mass is 16.4. The Morgan fingerprint density at radius 1 is 1.50 bits per heavy atom. The average molecular weight is 168 g/mol. The second kappa shape index (κ2) is 2.31. The maximum Gasteiger partial charge on any atom is 0.307 e. The van der Waals surface area contributed by atoms with E-state index in [-0.39, 0.29) is 23.5 Å². The first-order valence-electron chi connectivity index (χ1n) is 4.39. The molecule has 3 nitrogen and oxygen atoms in total. The van der Waals surface area contributed by atoms with E-state index in [1.807, 2.05) is 0 Å². The average Bonchev–Trinajstić information content (AvgIpc) is 2.25. The first kappa shape index (κ1) is 7.77. The fourth-order valence-corrected chi connectivity index (χ4v) is 2.54. The molecule has 1 unspecified atom stereocenters. The zero-order valence-corrected chi connectivity index (χ0v) is 6.88. The van der Waals surface area contributed by atoms with Crippen LogP contribution >= 0.6 is 0 Å². The number of rotatable bonds is 1. The molecule has 3 heteroatoms. The van der Waals surface area contributed by atoms with Gasteiger partial charge in [-0.15, -0.1) is 0 Å². The van der Waals surface area contributed by atoms with Crippen molar-refractivity contribution < 1.29 is 14.7 Å². The van der Waals surface area contributed by atoms with Gasteiger partial charge in [0.1, 0.15) is 5.78 Å². The number of carbonyl (C=O) groups is 2. The summed E-state index contributed by atoms with van der Waals surface area (Å²) in [6.45, 7) is 0. The summed E-state index contributed by atoms with van der Waals surface area (Å²) in [4.78, 5) is 21.9. The van der Waals surface area contributed by atoms with Crippen LogP contribution in [0.15, 0.2) is 0 Å². The summed E-state index contributed by atoms with van der Waals surface area (Å²) in [5.41, 5.74) is -0.122. The van der Waals surface area contributed by atoms with Crippen LogP contribution in [0.5, 0.6) is 0 Å². The minimum absolute atomic E-state index is 0.122. The highest BCUT2D eigenvalue weighted by Crippen LogP contribution is 2.55. The Bertz CT molecular complexity index is 240. The molecule has 0 aromatic carbocycles. The summed E-state index contributed by atoms with van der Waals surface area (Å²) in [7, 11) is 0. The topological polar surface area (TPSA) is 54.4 Å². The van der Waals surface area contributed by atoms with Gasteiger partial charge in [0.15, 0.2) is 0 Å². The summed E-state index contributed by atoms with van der Waals surface area (Å²) >= 11 is 0. The number of carboxylic acid groups (broad SMARTS) is 1. The van der Waals surface area contributed by atoms with Crippen LogP contribution in [0.2, 0.25) is 0 Å². The largest absolute Gasteiger partial charge is 0.481 e. The summed E-state index contributed by atoms with van der Waals surface area (Å²) in [5.74, 6) is -1.01. The molecule has 2 rings (SSSR count). The molecule has 2 aliphatic rings. The van der Waals surface area contributed by atoms with Crippen LogP contribution in [-0.2, 0) is 9.59 Å². The molecular formula is C9H12O3. The van der Waals surface area contributed by atoms with Crippen molar-refractivity contribution in [2.75, 3.05) is 0 Å². The molecule has 0 radical (unpaired) electrons. The van der Waals surface area contributed by atoms with Gasteiger partial charge in [-0.1, -0.05) is 6.42 Å². The molecule has 1 spiro atoms. The smallest absolute Gasteiger partial charge is 0.307 e. The van der Waals surface area contributed by atoms with E-state index in [0.717, 1.165) is 19.3 Å². The number of hydrogen-bond donors (Lipinski definition) is 1. The third kappa shape index (κ3) is 0.886. The summed E-state index contributed by atoms with van der Waals surface area (Å²) in [6.07, 6.45) is 3.77. The zero-order chi connectivity index (χ0) is 8.77. The van der Waals surface area contributed by atoms with E-state index in [1.54, 1.807) is 0 Å². The first-order chi connectivity index (χ1) is 5.64. The lowest BCUT2D eigenvalue weighted by Gasteiger charge is -2.40. The van der Waals surface area contributed by atoms with E-state index in [2.05, 4.69) is 0 Å². The van der Waals surface area contributed by atoms with Crippen LogP contribution in [0.25, 0.3) is 0 Å². The number of carbonyl (C=O) groups excluding carboxylic acids is 1. The molecule has 0 heterocycles. The quantitative estimate of drug-likeness (QED) is 0.640. The van der Waals surface area contributed by atoms with Gasteiger partial charge >= 0.3 is 5.97 Å². The molecule has 2 saturated carbocycles. The number of ketones is 1. The fraction of sp³-hybridized carbons (Fsp3) is 0.778. The van der Waals surface area contributed by atoms with Crippen LogP contribution in [0.4, 0.5) is 0 Å². The molecule has 0 aromatic heterocycles. The Hall–Kier alpha value is -0.860. The van der Waals surface area contributed by atoms with Crippen molar-refractivity contribution in [3.63, 3.8) is 0 Å².